The third kappa shape index (κ3) is 3.47. The average molecular weight is 222 g/mol. The molecule has 0 fully saturated rings. The average Bonchev–Trinajstić information content (AvgIpc) is 2.29. The lowest BCUT2D eigenvalue weighted by atomic mass is 10.1. The van der Waals surface area contributed by atoms with E-state index in [1.807, 2.05) is 0 Å². The second kappa shape index (κ2) is 6.02. The number of ether oxygens (including phenoxy) is 2. The van der Waals surface area contributed by atoms with E-state index in [0.717, 1.165) is 0 Å². The molecule has 0 spiro atoms. The summed E-state index contributed by atoms with van der Waals surface area (Å²) in [6.45, 7) is -0.0259. The Labute approximate surface area is 94.2 Å². The van der Waals surface area contributed by atoms with E-state index in [2.05, 4.69) is 4.74 Å². The van der Waals surface area contributed by atoms with Crippen molar-refractivity contribution in [2.75, 3.05) is 20.8 Å². The van der Waals surface area contributed by atoms with Gasteiger partial charge in [0.15, 0.2) is 11.6 Å². The highest BCUT2D eigenvalue weighted by atomic mass is 16.5. The van der Waals surface area contributed by atoms with Gasteiger partial charge in [0.2, 0.25) is 0 Å². The molecule has 0 aliphatic rings. The second-order valence-corrected chi connectivity index (χ2v) is 3.30. The number of carbonyl (C=O) groups is 2. The highest BCUT2D eigenvalue weighted by Gasteiger charge is 2.11. The number of hydrogen-bond acceptors (Lipinski definition) is 4. The molecule has 86 valence electrons. The molecule has 16 heavy (non-hydrogen) atoms. The van der Waals surface area contributed by atoms with E-state index in [0.29, 0.717) is 11.3 Å². The monoisotopic (exact) mass is 222 g/mol. The zero-order chi connectivity index (χ0) is 12.0. The Morgan fingerprint density at radius 1 is 1.12 bits per heavy atom. The first kappa shape index (κ1) is 12.4. The Balaban J connectivity index is 2.62. The van der Waals surface area contributed by atoms with Gasteiger partial charge in [0.05, 0.1) is 13.5 Å². The zero-order valence-corrected chi connectivity index (χ0v) is 9.36. The lowest BCUT2D eigenvalue weighted by molar-refractivity contribution is -0.121. The number of methoxy groups -OCH3 is 2. The number of benzene rings is 1. The fourth-order valence-corrected chi connectivity index (χ4v) is 1.27. The molecule has 0 amide bonds. The fourth-order valence-electron chi connectivity index (χ4n) is 1.27. The van der Waals surface area contributed by atoms with Gasteiger partial charge in [-0.25, -0.2) is 0 Å². The second-order valence-electron chi connectivity index (χ2n) is 3.30. The van der Waals surface area contributed by atoms with E-state index in [9.17, 15) is 9.59 Å². The maximum absolute atomic E-state index is 11.6. The van der Waals surface area contributed by atoms with Crippen LogP contribution in [0, 0.1) is 0 Å². The third-order valence-corrected chi connectivity index (χ3v) is 2.08. The van der Waals surface area contributed by atoms with Crippen LogP contribution in [0.5, 0.6) is 5.75 Å². The first-order valence-corrected chi connectivity index (χ1v) is 4.85. The smallest absolute Gasteiger partial charge is 0.170 e. The van der Waals surface area contributed by atoms with Crippen LogP contribution < -0.4 is 4.74 Å². The maximum atomic E-state index is 11.6. The lowest BCUT2D eigenvalue weighted by Crippen LogP contribution is -2.12. The van der Waals surface area contributed by atoms with Crippen LogP contribution in [0.2, 0.25) is 0 Å². The van der Waals surface area contributed by atoms with Crippen LogP contribution in [-0.4, -0.2) is 32.4 Å². The molecule has 0 aromatic heterocycles. The highest BCUT2D eigenvalue weighted by Crippen LogP contribution is 2.12. The molecule has 1 rings (SSSR count). The van der Waals surface area contributed by atoms with Gasteiger partial charge in [-0.3, -0.25) is 9.59 Å². The summed E-state index contributed by atoms with van der Waals surface area (Å²) in [6.07, 6.45) is -0.125. The largest absolute Gasteiger partial charge is 0.497 e. The van der Waals surface area contributed by atoms with Crippen molar-refractivity contribution in [2.24, 2.45) is 0 Å². The molecule has 0 aliphatic carbocycles. The van der Waals surface area contributed by atoms with Gasteiger partial charge in [0.1, 0.15) is 12.4 Å². The van der Waals surface area contributed by atoms with E-state index in [4.69, 9.17) is 4.74 Å². The SMILES string of the molecule is COCC(=O)CC(=O)c1ccc(OC)cc1. The molecule has 0 aliphatic heterocycles. The number of hydrogen-bond donors (Lipinski definition) is 0. The van der Waals surface area contributed by atoms with Crippen LogP contribution in [0.3, 0.4) is 0 Å². The summed E-state index contributed by atoms with van der Waals surface area (Å²) in [7, 11) is 2.98. The molecule has 4 heteroatoms. The van der Waals surface area contributed by atoms with Crippen molar-refractivity contribution in [3.63, 3.8) is 0 Å². The molecule has 0 atom stereocenters. The van der Waals surface area contributed by atoms with Crippen LogP contribution in [-0.2, 0) is 9.53 Å². The predicted octanol–water partition coefficient (Wildman–Crippen LogP) is 1.48. The third-order valence-electron chi connectivity index (χ3n) is 2.08. The van der Waals surface area contributed by atoms with Crippen LogP contribution in [0.15, 0.2) is 24.3 Å². The van der Waals surface area contributed by atoms with E-state index < -0.39 is 0 Å². The van der Waals surface area contributed by atoms with Gasteiger partial charge in [-0.2, -0.15) is 0 Å². The van der Waals surface area contributed by atoms with Crippen molar-refractivity contribution in [2.45, 2.75) is 6.42 Å². The Kier molecular flexibility index (Phi) is 4.66. The van der Waals surface area contributed by atoms with Gasteiger partial charge in [0, 0.05) is 12.7 Å². The van der Waals surface area contributed by atoms with E-state index in [1.165, 1.54) is 7.11 Å². The molecular formula is C12H14O4. The molecular weight excluding hydrogens is 208 g/mol. The normalized spacial score (nSPS) is 9.88. The minimum absolute atomic E-state index is 0.0259. The van der Waals surface area contributed by atoms with Gasteiger partial charge >= 0.3 is 0 Å². The lowest BCUT2D eigenvalue weighted by Gasteiger charge is -2.02. The summed E-state index contributed by atoms with van der Waals surface area (Å²) in [6, 6.07) is 6.66. The Bertz CT molecular complexity index is 367. The number of Topliss-reactive ketones (excluding diaryl/α,β-unsaturated/α-hetero) is 2. The van der Waals surface area contributed by atoms with Crippen LogP contribution >= 0.6 is 0 Å². The molecule has 0 bridgehead atoms. The zero-order valence-electron chi connectivity index (χ0n) is 9.36. The standard InChI is InChI=1S/C12H14O4/c1-15-8-10(13)7-12(14)9-3-5-11(16-2)6-4-9/h3-6H,7-8H2,1-2H3. The summed E-state index contributed by atoms with van der Waals surface area (Å²) in [5.41, 5.74) is 0.505. The van der Waals surface area contributed by atoms with Crippen molar-refractivity contribution in [3.05, 3.63) is 29.8 Å². The summed E-state index contributed by atoms with van der Waals surface area (Å²) >= 11 is 0. The van der Waals surface area contributed by atoms with Gasteiger partial charge in [0.25, 0.3) is 0 Å². The van der Waals surface area contributed by atoms with Gasteiger partial charge in [-0.15, -0.1) is 0 Å². The van der Waals surface area contributed by atoms with E-state index in [1.54, 1.807) is 31.4 Å². The van der Waals surface area contributed by atoms with Gasteiger partial charge in [-0.05, 0) is 24.3 Å². The Morgan fingerprint density at radius 3 is 2.25 bits per heavy atom. The van der Waals surface area contributed by atoms with Gasteiger partial charge < -0.3 is 9.47 Å². The Morgan fingerprint density at radius 2 is 1.75 bits per heavy atom. The predicted molar refractivity (Wildman–Crippen MR) is 58.8 cm³/mol. The van der Waals surface area contributed by atoms with Crippen molar-refractivity contribution < 1.29 is 19.1 Å². The van der Waals surface area contributed by atoms with Crippen LogP contribution in [0.25, 0.3) is 0 Å². The van der Waals surface area contributed by atoms with E-state index >= 15 is 0 Å². The summed E-state index contributed by atoms with van der Waals surface area (Å²) in [5, 5.41) is 0. The van der Waals surface area contributed by atoms with Crippen molar-refractivity contribution in [3.8, 4) is 5.75 Å². The van der Waals surface area contributed by atoms with Crippen LogP contribution in [0.1, 0.15) is 16.8 Å². The molecule has 0 unspecified atom stereocenters. The number of ketones is 2. The van der Waals surface area contributed by atoms with Crippen molar-refractivity contribution in [1.82, 2.24) is 0 Å². The summed E-state index contributed by atoms with van der Waals surface area (Å²) in [5.74, 6) is 0.257. The van der Waals surface area contributed by atoms with E-state index in [-0.39, 0.29) is 24.6 Å². The highest BCUT2D eigenvalue weighted by molar-refractivity contribution is 6.08. The summed E-state index contributed by atoms with van der Waals surface area (Å²) < 4.78 is 9.63. The van der Waals surface area contributed by atoms with Crippen molar-refractivity contribution in [1.29, 1.82) is 0 Å². The molecule has 0 N–H and O–H groups in total. The first-order valence-electron chi connectivity index (χ1n) is 4.85. The topological polar surface area (TPSA) is 52.6 Å². The molecule has 0 radical (unpaired) electrons. The molecule has 1 aromatic carbocycles. The molecule has 0 saturated carbocycles. The minimum Gasteiger partial charge on any atom is -0.497 e. The molecule has 1 aromatic rings. The molecule has 0 heterocycles. The fraction of sp³-hybridized carbons (Fsp3) is 0.333. The minimum atomic E-state index is -0.219. The summed E-state index contributed by atoms with van der Waals surface area (Å²) in [4.78, 5) is 22.8. The number of rotatable bonds is 6. The van der Waals surface area contributed by atoms with Crippen molar-refractivity contribution >= 4 is 11.6 Å². The Hall–Kier alpha value is -1.68. The maximum Gasteiger partial charge on any atom is 0.170 e. The molecule has 0 saturated heterocycles. The van der Waals surface area contributed by atoms with Gasteiger partial charge in [-0.1, -0.05) is 0 Å². The number of carbonyl (C=O) groups excluding carboxylic acids is 2. The quantitative estimate of drug-likeness (QED) is 0.540. The molecule has 4 nitrogen and oxygen atoms in total. The van der Waals surface area contributed by atoms with Crippen LogP contribution in [0.4, 0.5) is 0 Å². The first-order chi connectivity index (χ1) is 7.67.